The third kappa shape index (κ3) is 6.12. The predicted octanol–water partition coefficient (Wildman–Crippen LogP) is 5.66. The number of hydrogen-bond acceptors (Lipinski definition) is 5. The topological polar surface area (TPSA) is 49.3 Å². The molecule has 0 atom stereocenters. The van der Waals surface area contributed by atoms with Gasteiger partial charge in [-0.1, -0.05) is 12.1 Å². The van der Waals surface area contributed by atoms with Crippen molar-refractivity contribution in [2.45, 2.75) is 25.2 Å². The van der Waals surface area contributed by atoms with Crippen LogP contribution in [0.5, 0.6) is 0 Å². The van der Waals surface area contributed by atoms with Gasteiger partial charge < -0.3 is 9.80 Å². The van der Waals surface area contributed by atoms with Crippen LogP contribution in [0.25, 0.3) is 0 Å². The summed E-state index contributed by atoms with van der Waals surface area (Å²) < 4.78 is 96.5. The van der Waals surface area contributed by atoms with E-state index in [1.165, 1.54) is 17.0 Å². The van der Waals surface area contributed by atoms with E-state index >= 15 is 0 Å². The smallest absolute Gasteiger partial charge is 0.345 e. The zero-order valence-corrected chi connectivity index (χ0v) is 19.4. The van der Waals surface area contributed by atoms with Crippen molar-refractivity contribution in [1.82, 2.24) is 14.3 Å². The van der Waals surface area contributed by atoms with Gasteiger partial charge in [-0.3, -0.25) is 4.79 Å². The fourth-order valence-corrected chi connectivity index (χ4v) is 4.54. The van der Waals surface area contributed by atoms with Crippen molar-refractivity contribution in [3.8, 4) is 0 Å². The first-order valence-corrected chi connectivity index (χ1v) is 11.6. The van der Waals surface area contributed by atoms with Gasteiger partial charge in [0, 0.05) is 49.7 Å². The van der Waals surface area contributed by atoms with Crippen LogP contribution < -0.4 is 4.90 Å². The molecule has 3 aromatic rings. The summed E-state index contributed by atoms with van der Waals surface area (Å²) in [5.41, 5.74) is -2.89. The van der Waals surface area contributed by atoms with Crippen LogP contribution in [0.2, 0.25) is 0 Å². The molecule has 0 aliphatic carbocycles. The zero-order chi connectivity index (χ0) is 26.1. The van der Waals surface area contributed by atoms with Gasteiger partial charge in [-0.25, -0.2) is 9.37 Å². The Labute approximate surface area is 205 Å². The van der Waals surface area contributed by atoms with E-state index in [4.69, 9.17) is 0 Å². The molecule has 0 unspecified atom stereocenters. The second-order valence-corrected chi connectivity index (χ2v) is 8.95. The molecule has 2 aromatic carbocycles. The lowest BCUT2D eigenvalue weighted by Gasteiger charge is -2.22. The number of anilines is 1. The van der Waals surface area contributed by atoms with Crippen LogP contribution in [-0.4, -0.2) is 46.3 Å². The van der Waals surface area contributed by atoms with Crippen molar-refractivity contribution >= 4 is 22.6 Å². The van der Waals surface area contributed by atoms with Crippen molar-refractivity contribution in [3.63, 3.8) is 0 Å². The van der Waals surface area contributed by atoms with Gasteiger partial charge in [0.2, 0.25) is 5.13 Å². The van der Waals surface area contributed by atoms with E-state index in [2.05, 4.69) is 9.36 Å². The Morgan fingerprint density at radius 2 is 1.53 bits per heavy atom. The quantitative estimate of drug-likeness (QED) is 0.407. The minimum atomic E-state index is -5.03. The molecule has 4 rings (SSSR count). The van der Waals surface area contributed by atoms with Gasteiger partial charge in [0.1, 0.15) is 11.6 Å². The second-order valence-electron chi connectivity index (χ2n) is 8.22. The number of nitrogens with zero attached hydrogens (tertiary/aromatic N) is 4. The van der Waals surface area contributed by atoms with Gasteiger partial charge in [0.25, 0.3) is 5.91 Å². The summed E-state index contributed by atoms with van der Waals surface area (Å²) in [4.78, 5) is 20.5. The summed E-state index contributed by atoms with van der Waals surface area (Å²) in [6.07, 6.45) is -9.24. The van der Waals surface area contributed by atoms with Crippen LogP contribution in [0.1, 0.15) is 39.3 Å². The molecule has 13 heteroatoms. The van der Waals surface area contributed by atoms with Gasteiger partial charge in [-0.15, -0.1) is 0 Å². The molecule has 5 nitrogen and oxygen atoms in total. The van der Waals surface area contributed by atoms with Crippen LogP contribution in [0.15, 0.2) is 42.5 Å². The third-order valence-corrected chi connectivity index (χ3v) is 6.44. The molecule has 1 amide bonds. The van der Waals surface area contributed by atoms with E-state index in [-0.39, 0.29) is 31.5 Å². The van der Waals surface area contributed by atoms with E-state index in [0.29, 0.717) is 42.5 Å². The van der Waals surface area contributed by atoms with Crippen LogP contribution in [-0.2, 0) is 18.8 Å². The third-order valence-electron chi connectivity index (χ3n) is 5.62. The zero-order valence-electron chi connectivity index (χ0n) is 18.5. The highest BCUT2D eigenvalue weighted by Crippen LogP contribution is 2.36. The predicted molar refractivity (Wildman–Crippen MR) is 118 cm³/mol. The van der Waals surface area contributed by atoms with Gasteiger partial charge in [0.15, 0.2) is 0 Å². The van der Waals surface area contributed by atoms with Crippen LogP contribution in [0.4, 0.5) is 35.9 Å². The summed E-state index contributed by atoms with van der Waals surface area (Å²) in [5.74, 6) is -0.723. The first-order chi connectivity index (χ1) is 16.9. The Morgan fingerprint density at radius 1 is 0.889 bits per heavy atom. The lowest BCUT2D eigenvalue weighted by molar-refractivity contribution is -0.143. The normalized spacial score (nSPS) is 15.2. The molecule has 0 saturated carbocycles. The molecule has 36 heavy (non-hydrogen) atoms. The Kier molecular flexibility index (Phi) is 7.21. The molecule has 0 radical (unpaired) electrons. The van der Waals surface area contributed by atoms with E-state index in [1.807, 2.05) is 4.90 Å². The van der Waals surface area contributed by atoms with Gasteiger partial charge >= 0.3 is 12.4 Å². The highest BCUT2D eigenvalue weighted by molar-refractivity contribution is 7.09. The van der Waals surface area contributed by atoms with Crippen LogP contribution in [0.3, 0.4) is 0 Å². The minimum absolute atomic E-state index is 0.0000721. The largest absolute Gasteiger partial charge is 0.416 e. The average Bonchev–Trinajstić information content (AvgIpc) is 3.13. The minimum Gasteiger partial charge on any atom is -0.345 e. The van der Waals surface area contributed by atoms with Gasteiger partial charge in [0.05, 0.1) is 11.1 Å². The average molecular weight is 532 g/mol. The number of alkyl halides is 6. The Balaban J connectivity index is 1.46. The first-order valence-electron chi connectivity index (χ1n) is 10.8. The van der Waals surface area contributed by atoms with Crippen LogP contribution >= 0.6 is 11.5 Å². The second kappa shape index (κ2) is 10.0. The molecule has 0 spiro atoms. The summed E-state index contributed by atoms with van der Waals surface area (Å²) in [6, 6.07) is 6.84. The maximum atomic E-state index is 13.2. The fraction of sp³-hybridized carbons (Fsp3) is 0.348. The number of benzene rings is 2. The van der Waals surface area contributed by atoms with Crippen molar-refractivity contribution < 1.29 is 35.5 Å². The molecule has 0 bridgehead atoms. The molecule has 0 N–H and O–H groups in total. The summed E-state index contributed by atoms with van der Waals surface area (Å²) in [7, 11) is 0. The molecule has 2 heterocycles. The van der Waals surface area contributed by atoms with Crippen LogP contribution in [0, 0.1) is 5.82 Å². The van der Waals surface area contributed by atoms with E-state index in [0.717, 1.165) is 17.1 Å². The number of amides is 1. The molecule has 1 aromatic heterocycles. The number of carbonyl (C=O) groups excluding carboxylic acids is 1. The van der Waals surface area contributed by atoms with Gasteiger partial charge in [-0.05, 0) is 42.3 Å². The Hall–Kier alpha value is -3.22. The maximum Gasteiger partial charge on any atom is 0.416 e. The Morgan fingerprint density at radius 3 is 2.14 bits per heavy atom. The fourth-order valence-electron chi connectivity index (χ4n) is 3.80. The molecular formula is C23H19F7N4OS. The summed E-state index contributed by atoms with van der Waals surface area (Å²) >= 11 is 1.14. The summed E-state index contributed by atoms with van der Waals surface area (Å²) in [6.45, 7) is 1.00. The molecule has 1 aliphatic heterocycles. The lowest BCUT2D eigenvalue weighted by atomic mass is 10.0. The maximum absolute atomic E-state index is 13.2. The van der Waals surface area contributed by atoms with Crippen molar-refractivity contribution in [2.24, 2.45) is 0 Å². The number of hydrogen-bond donors (Lipinski definition) is 0. The van der Waals surface area contributed by atoms with E-state index < -0.39 is 35.0 Å². The molecule has 1 aliphatic rings. The lowest BCUT2D eigenvalue weighted by Crippen LogP contribution is -2.35. The number of aromatic nitrogens is 2. The van der Waals surface area contributed by atoms with Crippen molar-refractivity contribution in [3.05, 3.63) is 76.4 Å². The highest BCUT2D eigenvalue weighted by atomic mass is 32.1. The molecular weight excluding hydrogens is 513 g/mol. The summed E-state index contributed by atoms with van der Waals surface area (Å²) in [5, 5.41) is 0.583. The van der Waals surface area contributed by atoms with Crippen molar-refractivity contribution in [2.75, 3.05) is 31.1 Å². The molecule has 1 fully saturated rings. The number of halogens is 7. The number of carbonyl (C=O) groups is 1. The van der Waals surface area contributed by atoms with E-state index in [1.54, 1.807) is 12.1 Å². The van der Waals surface area contributed by atoms with Gasteiger partial charge in [-0.2, -0.15) is 30.7 Å². The molecule has 1 saturated heterocycles. The SMILES string of the molecule is O=C(c1cc(C(F)(F)F)cc(C(F)(F)F)c1)N1CCCN(c2nc(Cc3ccc(F)cc3)ns2)CC1. The number of rotatable bonds is 4. The monoisotopic (exact) mass is 532 g/mol. The first kappa shape index (κ1) is 25.9. The molecule has 192 valence electrons. The highest BCUT2D eigenvalue weighted by Gasteiger charge is 2.38. The standard InChI is InChI=1S/C23H19F7N4OS/c24-18-4-2-14(3-5-18)10-19-31-21(36-32-19)34-7-1-6-33(8-9-34)20(35)15-11-16(22(25,26)27)13-17(12-15)23(28,29)30/h2-5,11-13H,1,6-10H2. The van der Waals surface area contributed by atoms with Crippen molar-refractivity contribution in [1.29, 1.82) is 0 Å². The Bertz CT molecular complexity index is 1190. The van der Waals surface area contributed by atoms with E-state index in [9.17, 15) is 35.5 Å².